The quantitative estimate of drug-likeness (QED) is 0.839. The highest BCUT2D eigenvalue weighted by Gasteiger charge is 2.20. The molecule has 19 heavy (non-hydrogen) atoms. The Labute approximate surface area is 109 Å². The van der Waals surface area contributed by atoms with E-state index in [1.807, 2.05) is 0 Å². The number of halogens is 1. The Morgan fingerprint density at radius 3 is 3.16 bits per heavy atom. The van der Waals surface area contributed by atoms with Gasteiger partial charge in [0.05, 0.1) is 18.7 Å². The number of nitrogens with zero attached hydrogens (tertiary/aromatic N) is 4. The molecule has 1 unspecified atom stereocenters. The molecular formula is C12H14FN5O. The monoisotopic (exact) mass is 263 g/mol. The van der Waals surface area contributed by atoms with Crippen molar-refractivity contribution < 1.29 is 9.13 Å². The van der Waals surface area contributed by atoms with Crippen LogP contribution < -0.4 is 5.73 Å². The number of aromatic nitrogens is 4. The normalized spacial score (nSPS) is 18.9. The fraction of sp³-hybridized carbons (Fsp3) is 0.417. The molecule has 1 aliphatic heterocycles. The van der Waals surface area contributed by atoms with Crippen LogP contribution in [0.3, 0.4) is 0 Å². The van der Waals surface area contributed by atoms with Crippen molar-refractivity contribution in [3.63, 3.8) is 0 Å². The third-order valence-electron chi connectivity index (χ3n) is 3.22. The molecule has 0 radical (unpaired) electrons. The van der Waals surface area contributed by atoms with Crippen molar-refractivity contribution in [2.75, 3.05) is 18.9 Å². The minimum atomic E-state index is -0.382. The molecule has 3 rings (SSSR count). The van der Waals surface area contributed by atoms with Gasteiger partial charge in [-0.15, -0.1) is 5.10 Å². The van der Waals surface area contributed by atoms with Gasteiger partial charge in [0.15, 0.2) is 5.82 Å². The van der Waals surface area contributed by atoms with Crippen LogP contribution in [0.15, 0.2) is 18.2 Å². The van der Waals surface area contributed by atoms with Crippen molar-refractivity contribution in [3.05, 3.63) is 24.0 Å². The van der Waals surface area contributed by atoms with Gasteiger partial charge < -0.3 is 10.5 Å². The average molecular weight is 263 g/mol. The molecule has 100 valence electrons. The first-order valence-corrected chi connectivity index (χ1v) is 6.13. The van der Waals surface area contributed by atoms with Gasteiger partial charge in [0.1, 0.15) is 5.82 Å². The van der Waals surface area contributed by atoms with E-state index in [2.05, 4.69) is 15.5 Å². The Bertz CT molecular complexity index is 579. The smallest absolute Gasteiger partial charge is 0.185 e. The van der Waals surface area contributed by atoms with E-state index in [1.165, 1.54) is 12.1 Å². The number of anilines is 1. The lowest BCUT2D eigenvalue weighted by atomic mass is 10.1. The first-order chi connectivity index (χ1) is 9.24. The largest absolute Gasteiger partial charge is 0.399 e. The molecule has 2 aromatic rings. The van der Waals surface area contributed by atoms with Gasteiger partial charge in [-0.2, -0.15) is 0 Å². The fourth-order valence-corrected chi connectivity index (χ4v) is 2.21. The number of tetrazole rings is 1. The number of benzene rings is 1. The van der Waals surface area contributed by atoms with Crippen molar-refractivity contribution in [1.82, 2.24) is 20.2 Å². The Morgan fingerprint density at radius 1 is 1.47 bits per heavy atom. The molecule has 1 aliphatic rings. The van der Waals surface area contributed by atoms with Crippen LogP contribution >= 0.6 is 0 Å². The zero-order chi connectivity index (χ0) is 13.2. The van der Waals surface area contributed by atoms with Crippen LogP contribution in [0.25, 0.3) is 11.4 Å². The molecule has 6 nitrogen and oxygen atoms in total. The number of nitrogen functional groups attached to an aromatic ring is 1. The summed E-state index contributed by atoms with van der Waals surface area (Å²) in [7, 11) is 0. The zero-order valence-electron chi connectivity index (χ0n) is 10.3. The number of rotatable bonds is 3. The van der Waals surface area contributed by atoms with Gasteiger partial charge >= 0.3 is 0 Å². The maximum atomic E-state index is 13.8. The molecule has 1 aromatic heterocycles. The second-order valence-electron chi connectivity index (χ2n) is 4.65. The van der Waals surface area contributed by atoms with E-state index < -0.39 is 0 Å². The highest BCUT2D eigenvalue weighted by atomic mass is 19.1. The predicted octanol–water partition coefficient (Wildman–Crippen LogP) is 1.10. The molecule has 1 saturated heterocycles. The van der Waals surface area contributed by atoms with Crippen LogP contribution in [-0.4, -0.2) is 33.4 Å². The summed E-state index contributed by atoms with van der Waals surface area (Å²) in [6, 6.07) is 4.38. The van der Waals surface area contributed by atoms with Crippen LogP contribution in [0.2, 0.25) is 0 Å². The van der Waals surface area contributed by atoms with Gasteiger partial charge in [-0.25, -0.2) is 9.07 Å². The number of ether oxygens (including phenoxy) is 1. The number of hydrogen-bond acceptors (Lipinski definition) is 5. The molecular weight excluding hydrogens is 249 g/mol. The Kier molecular flexibility index (Phi) is 3.12. The second kappa shape index (κ2) is 4.93. The van der Waals surface area contributed by atoms with Crippen LogP contribution in [0.4, 0.5) is 10.1 Å². The summed E-state index contributed by atoms with van der Waals surface area (Å²) in [5, 5.41) is 11.4. The third kappa shape index (κ3) is 2.41. The van der Waals surface area contributed by atoms with E-state index in [-0.39, 0.29) is 5.82 Å². The molecule has 0 saturated carbocycles. The Balaban J connectivity index is 1.92. The highest BCUT2D eigenvalue weighted by Crippen LogP contribution is 2.24. The number of hydrogen-bond donors (Lipinski definition) is 1. The minimum Gasteiger partial charge on any atom is -0.399 e. The summed E-state index contributed by atoms with van der Waals surface area (Å²) in [5.41, 5.74) is 6.49. The van der Waals surface area contributed by atoms with Crippen molar-refractivity contribution in [3.8, 4) is 11.4 Å². The molecule has 2 heterocycles. The molecule has 0 spiro atoms. The molecule has 1 atom stereocenters. The summed E-state index contributed by atoms with van der Waals surface area (Å²) < 4.78 is 20.8. The lowest BCUT2D eigenvalue weighted by Gasteiger charge is -2.09. The van der Waals surface area contributed by atoms with Gasteiger partial charge in [0, 0.05) is 18.2 Å². The maximum absolute atomic E-state index is 13.8. The van der Waals surface area contributed by atoms with Crippen molar-refractivity contribution >= 4 is 5.69 Å². The van der Waals surface area contributed by atoms with Crippen LogP contribution in [0, 0.1) is 11.7 Å². The lowest BCUT2D eigenvalue weighted by Crippen LogP contribution is -2.13. The summed E-state index contributed by atoms with van der Waals surface area (Å²) >= 11 is 0. The summed E-state index contributed by atoms with van der Waals surface area (Å²) in [6.45, 7) is 2.07. The Hall–Kier alpha value is -2.02. The topological polar surface area (TPSA) is 78.9 Å². The standard InChI is InChI=1S/C12H14FN5O/c13-11-2-1-9(14)5-10(11)12-15-16-17-18(12)6-8-3-4-19-7-8/h1-2,5,8H,3-4,6-7,14H2. The molecule has 2 N–H and O–H groups in total. The summed E-state index contributed by atoms with van der Waals surface area (Å²) in [6.07, 6.45) is 0.971. The van der Waals surface area contributed by atoms with E-state index >= 15 is 0 Å². The van der Waals surface area contributed by atoms with Crippen molar-refractivity contribution in [2.24, 2.45) is 5.92 Å². The molecule has 1 aromatic carbocycles. The summed E-state index contributed by atoms with van der Waals surface area (Å²) in [5.74, 6) is 0.385. The number of nitrogens with two attached hydrogens (primary N) is 1. The van der Waals surface area contributed by atoms with E-state index in [4.69, 9.17) is 10.5 Å². The van der Waals surface area contributed by atoms with Gasteiger partial charge in [-0.1, -0.05) is 0 Å². The van der Waals surface area contributed by atoms with Gasteiger partial charge in [-0.3, -0.25) is 0 Å². The first kappa shape index (κ1) is 12.0. The lowest BCUT2D eigenvalue weighted by molar-refractivity contribution is 0.181. The van der Waals surface area contributed by atoms with Gasteiger partial charge in [-0.05, 0) is 35.0 Å². The predicted molar refractivity (Wildman–Crippen MR) is 66.5 cm³/mol. The zero-order valence-corrected chi connectivity index (χ0v) is 10.3. The van der Waals surface area contributed by atoms with Gasteiger partial charge in [0.2, 0.25) is 0 Å². The third-order valence-corrected chi connectivity index (χ3v) is 3.22. The second-order valence-corrected chi connectivity index (χ2v) is 4.65. The average Bonchev–Trinajstić information content (AvgIpc) is 3.04. The fourth-order valence-electron chi connectivity index (χ4n) is 2.21. The van der Waals surface area contributed by atoms with Gasteiger partial charge in [0.25, 0.3) is 0 Å². The SMILES string of the molecule is Nc1ccc(F)c(-c2nnnn2CC2CCOC2)c1. The summed E-state index contributed by atoms with van der Waals surface area (Å²) in [4.78, 5) is 0. The van der Waals surface area contributed by atoms with Crippen molar-refractivity contribution in [2.45, 2.75) is 13.0 Å². The van der Waals surface area contributed by atoms with Crippen molar-refractivity contribution in [1.29, 1.82) is 0 Å². The highest BCUT2D eigenvalue weighted by molar-refractivity contribution is 5.61. The molecule has 7 heteroatoms. The van der Waals surface area contributed by atoms with E-state index in [0.717, 1.165) is 13.0 Å². The van der Waals surface area contributed by atoms with Crippen LogP contribution in [0.1, 0.15) is 6.42 Å². The van der Waals surface area contributed by atoms with E-state index in [0.29, 0.717) is 36.1 Å². The van der Waals surface area contributed by atoms with E-state index in [1.54, 1.807) is 10.7 Å². The Morgan fingerprint density at radius 2 is 2.37 bits per heavy atom. The van der Waals surface area contributed by atoms with E-state index in [9.17, 15) is 4.39 Å². The minimum absolute atomic E-state index is 0.323. The van der Waals surface area contributed by atoms with Crippen LogP contribution in [-0.2, 0) is 11.3 Å². The maximum Gasteiger partial charge on any atom is 0.185 e. The first-order valence-electron chi connectivity index (χ1n) is 6.13. The van der Waals surface area contributed by atoms with Crippen LogP contribution in [0.5, 0.6) is 0 Å². The molecule has 0 bridgehead atoms. The molecule has 0 amide bonds. The molecule has 0 aliphatic carbocycles. The molecule has 1 fully saturated rings.